The van der Waals surface area contributed by atoms with Crippen molar-refractivity contribution in [2.24, 2.45) is 0 Å². The molecule has 2 heterocycles. The maximum Gasteiger partial charge on any atom is 0.272 e. The van der Waals surface area contributed by atoms with Crippen molar-refractivity contribution < 1.29 is 21.9 Å². The maximum atomic E-state index is 13.3. The molecule has 0 aliphatic heterocycles. The highest BCUT2D eigenvalue weighted by atomic mass is 35.5. The summed E-state index contributed by atoms with van der Waals surface area (Å²) in [7, 11) is 5.51. The van der Waals surface area contributed by atoms with E-state index in [1.54, 1.807) is 23.8 Å². The topological polar surface area (TPSA) is 76.5 Å². The molecule has 0 aliphatic carbocycles. The number of rotatable bonds is 8. The minimum atomic E-state index is -0.174. The number of carbonyl (C=O) groups excluding carboxylic acids is 1. The number of thiophene rings is 1. The molecule has 4 rings (SSSR count). The van der Waals surface area contributed by atoms with E-state index in [0.29, 0.717) is 39.9 Å². The zero-order valence-corrected chi connectivity index (χ0v) is 20.9. The number of hydrogen-bond acceptors (Lipinski definition) is 7. The van der Waals surface area contributed by atoms with Gasteiger partial charge in [0.1, 0.15) is 10.4 Å². The van der Waals surface area contributed by atoms with Crippen molar-refractivity contribution >= 4 is 55.0 Å². The Kier molecular flexibility index (Phi) is 8.36. The van der Waals surface area contributed by atoms with Gasteiger partial charge in [0.25, 0.3) is 5.56 Å². The number of aromatic nitrogens is 2. The molecule has 1 N–H and O–H groups in total. The maximum absolute atomic E-state index is 13.3. The predicted molar refractivity (Wildman–Crippen MR) is 132 cm³/mol. The second-order valence-electron chi connectivity index (χ2n) is 7.50. The molecule has 33 heavy (non-hydrogen) atoms. The first-order valence-electron chi connectivity index (χ1n) is 10.1. The Labute approximate surface area is 206 Å². The lowest BCUT2D eigenvalue weighted by atomic mass is 10.2. The number of amides is 1. The number of nitrogens with zero attached hydrogens (tertiary/aromatic N) is 3. The molecule has 10 heteroatoms. The Morgan fingerprint density at radius 3 is 2.76 bits per heavy atom. The number of carbonyl (C=O) groups is 1. The number of methoxy groups -OCH3 is 1. The smallest absolute Gasteiger partial charge is 0.272 e. The molecule has 0 fully saturated rings. The van der Waals surface area contributed by atoms with Crippen LogP contribution in [0.4, 0.5) is 5.69 Å². The molecule has 0 radical (unpaired) electrons. The Balaban J connectivity index is 0.00000306. The lowest BCUT2D eigenvalue weighted by molar-refractivity contribution is -0.113. The van der Waals surface area contributed by atoms with Gasteiger partial charge in [-0.25, -0.2) is 4.98 Å². The summed E-state index contributed by atoms with van der Waals surface area (Å²) in [4.78, 5) is 32.8. The first-order valence-corrected chi connectivity index (χ1v) is 11.9. The summed E-state index contributed by atoms with van der Waals surface area (Å²) in [6, 6.07) is 15.1. The van der Waals surface area contributed by atoms with E-state index in [4.69, 9.17) is 9.72 Å². The van der Waals surface area contributed by atoms with Crippen LogP contribution in [0, 0.1) is 0 Å². The van der Waals surface area contributed by atoms with E-state index in [-0.39, 0.29) is 29.6 Å². The van der Waals surface area contributed by atoms with Gasteiger partial charge in [0, 0.05) is 34.9 Å². The Hall–Kier alpha value is -2.59. The van der Waals surface area contributed by atoms with Gasteiger partial charge in [-0.05, 0) is 32.3 Å². The summed E-state index contributed by atoms with van der Waals surface area (Å²) in [6.07, 6.45) is 0. The monoisotopic (exact) mass is 503 g/mol. The fourth-order valence-electron chi connectivity index (χ4n) is 3.29. The van der Waals surface area contributed by atoms with Crippen molar-refractivity contribution in [1.82, 2.24) is 14.5 Å². The van der Waals surface area contributed by atoms with E-state index in [0.717, 1.165) is 10.1 Å². The third-order valence-electron chi connectivity index (χ3n) is 4.90. The summed E-state index contributed by atoms with van der Waals surface area (Å²) in [6.45, 7) is 1.20. The SMILES string of the molecule is COc1cccc(NC(=O)CSc2nc3c(sc4ccccc43)c(=O)n2CCN(C)C)c1.[Cl-]. The molecule has 4 aromatic rings. The second-order valence-corrected chi connectivity index (χ2v) is 9.49. The number of fused-ring (bicyclic) bond motifs is 3. The van der Waals surface area contributed by atoms with Crippen molar-refractivity contribution in [3.8, 4) is 5.75 Å². The van der Waals surface area contributed by atoms with Crippen LogP contribution in [0.2, 0.25) is 0 Å². The van der Waals surface area contributed by atoms with Crippen LogP contribution in [0.15, 0.2) is 58.5 Å². The zero-order valence-electron chi connectivity index (χ0n) is 18.5. The first-order chi connectivity index (χ1) is 15.5. The lowest BCUT2D eigenvalue weighted by Gasteiger charge is -2.15. The molecule has 2 aromatic heterocycles. The van der Waals surface area contributed by atoms with Gasteiger partial charge in [0.2, 0.25) is 5.91 Å². The molecule has 7 nitrogen and oxygen atoms in total. The minimum Gasteiger partial charge on any atom is -1.00 e. The van der Waals surface area contributed by atoms with E-state index >= 15 is 0 Å². The van der Waals surface area contributed by atoms with Gasteiger partial charge in [-0.15, -0.1) is 11.3 Å². The van der Waals surface area contributed by atoms with Crippen LogP contribution < -0.4 is 28.0 Å². The van der Waals surface area contributed by atoms with Gasteiger partial charge in [0.05, 0.1) is 18.4 Å². The van der Waals surface area contributed by atoms with E-state index in [2.05, 4.69) is 5.32 Å². The summed E-state index contributed by atoms with van der Waals surface area (Å²) in [5.41, 5.74) is 1.30. The Morgan fingerprint density at radius 2 is 2.00 bits per heavy atom. The van der Waals surface area contributed by atoms with Crippen LogP contribution in [0.3, 0.4) is 0 Å². The number of thioether (sulfide) groups is 1. The van der Waals surface area contributed by atoms with Crippen LogP contribution in [-0.2, 0) is 11.3 Å². The fourth-order valence-corrected chi connectivity index (χ4v) is 5.20. The number of ether oxygens (including phenoxy) is 1. The van der Waals surface area contributed by atoms with Crippen molar-refractivity contribution in [3.63, 3.8) is 0 Å². The molecule has 0 unspecified atom stereocenters. The van der Waals surface area contributed by atoms with Crippen molar-refractivity contribution in [3.05, 3.63) is 58.9 Å². The van der Waals surface area contributed by atoms with Gasteiger partial charge in [-0.3, -0.25) is 14.2 Å². The quantitative estimate of drug-likeness (QED) is 0.284. The molecule has 2 aromatic carbocycles. The van der Waals surface area contributed by atoms with E-state index in [9.17, 15) is 9.59 Å². The zero-order chi connectivity index (χ0) is 22.7. The standard InChI is InChI=1S/C23H24N4O3S2.ClH/c1-26(2)11-12-27-22(29)21-20(17-9-4-5-10-18(17)32-21)25-23(27)31-14-19(28)24-15-7-6-8-16(13-15)30-3;/h4-10,13H,11-12,14H2,1-3H3,(H,24,28);1H/p-1. The molecule has 174 valence electrons. The molecule has 0 atom stereocenters. The van der Waals surface area contributed by atoms with E-state index in [1.165, 1.54) is 23.1 Å². The number of nitrogens with one attached hydrogen (secondary N) is 1. The third-order valence-corrected chi connectivity index (χ3v) is 7.03. The summed E-state index contributed by atoms with van der Waals surface area (Å²) < 4.78 is 8.56. The number of likely N-dealkylation sites (N-methyl/N-ethyl adjacent to an activating group) is 1. The summed E-state index contributed by atoms with van der Waals surface area (Å²) >= 11 is 2.74. The largest absolute Gasteiger partial charge is 1.00 e. The van der Waals surface area contributed by atoms with Crippen LogP contribution in [0.1, 0.15) is 0 Å². The second kappa shape index (κ2) is 11.0. The summed E-state index contributed by atoms with van der Waals surface area (Å²) in [5, 5.41) is 4.39. The average Bonchev–Trinajstić information content (AvgIpc) is 3.16. The van der Waals surface area contributed by atoms with Crippen molar-refractivity contribution in [1.29, 1.82) is 0 Å². The third kappa shape index (κ3) is 5.67. The predicted octanol–water partition coefficient (Wildman–Crippen LogP) is 0.916. The van der Waals surface area contributed by atoms with Crippen molar-refractivity contribution in [2.45, 2.75) is 11.7 Å². The average molecular weight is 504 g/mol. The van der Waals surface area contributed by atoms with Gasteiger partial charge in [-0.1, -0.05) is 36.0 Å². The lowest BCUT2D eigenvalue weighted by Crippen LogP contribution is -3.00. The van der Waals surface area contributed by atoms with Gasteiger partial charge < -0.3 is 27.4 Å². The minimum absolute atomic E-state index is 0. The molecule has 1 amide bonds. The highest BCUT2D eigenvalue weighted by Gasteiger charge is 2.17. The van der Waals surface area contributed by atoms with Crippen LogP contribution in [-0.4, -0.2) is 53.9 Å². The van der Waals surface area contributed by atoms with E-state index < -0.39 is 0 Å². The first kappa shape index (κ1) is 25.0. The summed E-state index contributed by atoms with van der Waals surface area (Å²) in [5.74, 6) is 0.635. The Morgan fingerprint density at radius 1 is 1.21 bits per heavy atom. The number of benzene rings is 2. The van der Waals surface area contributed by atoms with Crippen LogP contribution >= 0.6 is 23.1 Å². The highest BCUT2D eigenvalue weighted by molar-refractivity contribution is 7.99. The number of halogens is 1. The molecule has 0 spiro atoms. The van der Waals surface area contributed by atoms with Crippen LogP contribution in [0.5, 0.6) is 5.75 Å². The Bertz CT molecular complexity index is 1340. The number of anilines is 1. The van der Waals surface area contributed by atoms with E-state index in [1.807, 2.05) is 55.4 Å². The van der Waals surface area contributed by atoms with Crippen molar-refractivity contribution in [2.75, 3.05) is 38.8 Å². The number of hydrogen-bond donors (Lipinski definition) is 1. The molecular formula is C23H24ClN4O3S2-. The van der Waals surface area contributed by atoms with Gasteiger partial charge in [-0.2, -0.15) is 0 Å². The molecule has 0 bridgehead atoms. The fraction of sp³-hybridized carbons (Fsp3) is 0.261. The molecule has 0 saturated carbocycles. The highest BCUT2D eigenvalue weighted by Crippen LogP contribution is 2.31. The molecule has 0 aliphatic rings. The van der Waals surface area contributed by atoms with Crippen LogP contribution in [0.25, 0.3) is 20.3 Å². The van der Waals surface area contributed by atoms with Gasteiger partial charge in [0.15, 0.2) is 5.16 Å². The molecule has 0 saturated heterocycles. The molecular weight excluding hydrogens is 480 g/mol. The normalized spacial score (nSPS) is 11.0. The van der Waals surface area contributed by atoms with Gasteiger partial charge >= 0.3 is 0 Å².